The van der Waals surface area contributed by atoms with Crippen LogP contribution in [-0.2, 0) is 14.4 Å². The molecule has 3 atom stereocenters. The molecule has 2 aliphatic rings. The van der Waals surface area contributed by atoms with Crippen molar-refractivity contribution in [3.05, 3.63) is 0 Å². The lowest BCUT2D eigenvalue weighted by Gasteiger charge is -2.25. The van der Waals surface area contributed by atoms with E-state index in [1.165, 1.54) is 0 Å². The highest BCUT2D eigenvalue weighted by molar-refractivity contribution is 8.00. The van der Waals surface area contributed by atoms with Crippen LogP contribution < -0.4 is 16.0 Å². The average Bonchev–Trinajstić information content (AvgIpc) is 3.05. The molecule has 6 nitrogen and oxygen atoms in total. The minimum Gasteiger partial charge on any atom is -0.344 e. The number of carbonyl (C=O) groups excluding carboxylic acids is 3. The Hall–Kier alpha value is -1.08. The number of amides is 2. The standard InChI is InChI=1S/C13H21N3O3S/c1-7(2)10(11(18)13-14-5-6-20-13)16-12(19)8-3-4-9(17)15-8/h7-8,10,13-14H,3-6H2,1-2H3,(H,15,17)(H,16,19)/t8-,10-,13?/m0/s1. The highest BCUT2D eigenvalue weighted by Gasteiger charge is 2.35. The summed E-state index contributed by atoms with van der Waals surface area (Å²) in [7, 11) is 0. The molecule has 2 fully saturated rings. The topological polar surface area (TPSA) is 87.3 Å². The summed E-state index contributed by atoms with van der Waals surface area (Å²) in [6, 6.07) is -1.01. The number of nitrogens with one attached hydrogen (secondary N) is 3. The molecule has 0 aliphatic carbocycles. The van der Waals surface area contributed by atoms with Crippen molar-refractivity contribution in [1.82, 2.24) is 16.0 Å². The van der Waals surface area contributed by atoms with Crippen molar-refractivity contribution in [3.8, 4) is 0 Å². The number of hydrogen-bond acceptors (Lipinski definition) is 5. The van der Waals surface area contributed by atoms with Crippen LogP contribution in [0.25, 0.3) is 0 Å². The Labute approximate surface area is 122 Å². The molecule has 2 saturated heterocycles. The van der Waals surface area contributed by atoms with E-state index >= 15 is 0 Å². The molecule has 1 unspecified atom stereocenters. The first-order valence-electron chi connectivity index (χ1n) is 6.97. The molecule has 2 rings (SSSR count). The van der Waals surface area contributed by atoms with E-state index in [2.05, 4.69) is 16.0 Å². The fourth-order valence-electron chi connectivity index (χ4n) is 2.40. The van der Waals surface area contributed by atoms with E-state index < -0.39 is 12.1 Å². The predicted octanol–water partition coefficient (Wildman–Crippen LogP) is -0.363. The first-order chi connectivity index (χ1) is 9.49. The smallest absolute Gasteiger partial charge is 0.243 e. The van der Waals surface area contributed by atoms with E-state index in [0.717, 1.165) is 12.3 Å². The lowest BCUT2D eigenvalue weighted by molar-refractivity contribution is -0.130. The van der Waals surface area contributed by atoms with Gasteiger partial charge in [0.15, 0.2) is 5.78 Å². The number of rotatable bonds is 5. The van der Waals surface area contributed by atoms with Crippen molar-refractivity contribution >= 4 is 29.4 Å². The largest absolute Gasteiger partial charge is 0.344 e. The summed E-state index contributed by atoms with van der Waals surface area (Å²) in [5, 5.41) is 8.32. The van der Waals surface area contributed by atoms with E-state index in [1.54, 1.807) is 11.8 Å². The molecule has 0 aromatic heterocycles. The Morgan fingerprint density at radius 3 is 2.65 bits per heavy atom. The van der Waals surface area contributed by atoms with Gasteiger partial charge in [0.05, 0.1) is 6.04 Å². The van der Waals surface area contributed by atoms with Gasteiger partial charge in [-0.15, -0.1) is 11.8 Å². The van der Waals surface area contributed by atoms with Crippen molar-refractivity contribution in [3.63, 3.8) is 0 Å². The van der Waals surface area contributed by atoms with Crippen LogP contribution in [0.2, 0.25) is 0 Å². The zero-order chi connectivity index (χ0) is 14.7. The quantitative estimate of drug-likeness (QED) is 0.645. The van der Waals surface area contributed by atoms with Crippen molar-refractivity contribution < 1.29 is 14.4 Å². The van der Waals surface area contributed by atoms with Crippen molar-refractivity contribution in [2.45, 2.75) is 44.1 Å². The van der Waals surface area contributed by atoms with Crippen LogP contribution in [0.5, 0.6) is 0 Å². The molecule has 0 saturated carbocycles. The second kappa shape index (κ2) is 6.58. The molecule has 2 amide bonds. The lowest BCUT2D eigenvalue weighted by Crippen LogP contribution is -2.54. The van der Waals surface area contributed by atoms with Gasteiger partial charge in [0.2, 0.25) is 11.8 Å². The summed E-state index contributed by atoms with van der Waals surface area (Å²) in [6.45, 7) is 4.64. The van der Waals surface area contributed by atoms with Gasteiger partial charge < -0.3 is 10.6 Å². The van der Waals surface area contributed by atoms with Gasteiger partial charge in [-0.1, -0.05) is 13.8 Å². The van der Waals surface area contributed by atoms with Crippen LogP contribution in [-0.4, -0.2) is 47.4 Å². The van der Waals surface area contributed by atoms with Gasteiger partial charge in [-0.05, 0) is 12.3 Å². The monoisotopic (exact) mass is 299 g/mol. The van der Waals surface area contributed by atoms with Gasteiger partial charge in [-0.2, -0.15) is 0 Å². The van der Waals surface area contributed by atoms with E-state index in [4.69, 9.17) is 0 Å². The van der Waals surface area contributed by atoms with Crippen molar-refractivity contribution in [2.24, 2.45) is 5.92 Å². The molecule has 0 spiro atoms. The van der Waals surface area contributed by atoms with Gasteiger partial charge in [-0.3, -0.25) is 19.7 Å². The molecule has 0 aromatic carbocycles. The summed E-state index contributed by atoms with van der Waals surface area (Å²) in [6.07, 6.45) is 0.874. The van der Waals surface area contributed by atoms with Gasteiger partial charge in [0.25, 0.3) is 0 Å². The number of thioether (sulfide) groups is 1. The molecule has 3 N–H and O–H groups in total. The Bertz CT molecular complexity index is 408. The van der Waals surface area contributed by atoms with Gasteiger partial charge in [-0.25, -0.2) is 0 Å². The zero-order valence-electron chi connectivity index (χ0n) is 11.8. The molecular formula is C13H21N3O3S. The fraction of sp³-hybridized carbons (Fsp3) is 0.769. The highest BCUT2D eigenvalue weighted by Crippen LogP contribution is 2.19. The second-order valence-electron chi connectivity index (χ2n) is 5.50. The summed E-state index contributed by atoms with van der Waals surface area (Å²) >= 11 is 1.57. The Balaban J connectivity index is 1.96. The Kier molecular flexibility index (Phi) is 5.04. The number of carbonyl (C=O) groups is 3. The third-order valence-corrected chi connectivity index (χ3v) is 4.73. The molecule has 112 valence electrons. The Morgan fingerprint density at radius 1 is 1.40 bits per heavy atom. The maximum absolute atomic E-state index is 12.4. The summed E-state index contributed by atoms with van der Waals surface area (Å²) < 4.78 is 0. The fourth-order valence-corrected chi connectivity index (χ4v) is 3.42. The molecule has 20 heavy (non-hydrogen) atoms. The normalized spacial score (nSPS) is 27.4. The van der Waals surface area contributed by atoms with Crippen LogP contribution in [0.3, 0.4) is 0 Å². The zero-order valence-corrected chi connectivity index (χ0v) is 12.6. The molecule has 2 heterocycles. The summed E-state index contributed by atoms with van der Waals surface area (Å²) in [5.41, 5.74) is 0. The van der Waals surface area contributed by atoms with E-state index in [0.29, 0.717) is 12.8 Å². The number of ketones is 1. The summed E-state index contributed by atoms with van der Waals surface area (Å²) in [5.74, 6) is 0.580. The van der Waals surface area contributed by atoms with Crippen LogP contribution in [0.4, 0.5) is 0 Å². The molecular weight excluding hydrogens is 278 g/mol. The first kappa shape index (κ1) is 15.3. The van der Waals surface area contributed by atoms with Crippen LogP contribution in [0, 0.1) is 5.92 Å². The van der Waals surface area contributed by atoms with Crippen molar-refractivity contribution in [2.75, 3.05) is 12.3 Å². The third-order valence-electron chi connectivity index (χ3n) is 3.56. The van der Waals surface area contributed by atoms with Crippen molar-refractivity contribution in [1.29, 1.82) is 0 Å². The molecule has 0 aromatic rings. The minimum absolute atomic E-state index is 0.0140. The van der Waals surface area contributed by atoms with Gasteiger partial charge in [0.1, 0.15) is 11.4 Å². The number of Topliss-reactive ketones (excluding diaryl/α,β-unsaturated/α-hetero) is 1. The molecule has 2 aliphatic heterocycles. The third kappa shape index (κ3) is 3.52. The molecule has 0 radical (unpaired) electrons. The molecule has 0 bridgehead atoms. The van der Waals surface area contributed by atoms with Gasteiger partial charge in [0, 0.05) is 18.7 Å². The molecule has 7 heteroatoms. The van der Waals surface area contributed by atoms with Crippen LogP contribution in [0.1, 0.15) is 26.7 Å². The maximum Gasteiger partial charge on any atom is 0.243 e. The number of hydrogen-bond donors (Lipinski definition) is 3. The van der Waals surface area contributed by atoms with Crippen LogP contribution in [0.15, 0.2) is 0 Å². The summed E-state index contributed by atoms with van der Waals surface area (Å²) in [4.78, 5) is 35.7. The average molecular weight is 299 g/mol. The van der Waals surface area contributed by atoms with E-state index in [9.17, 15) is 14.4 Å². The minimum atomic E-state index is -0.511. The Morgan fingerprint density at radius 2 is 2.15 bits per heavy atom. The van der Waals surface area contributed by atoms with E-state index in [1.807, 2.05) is 13.8 Å². The predicted molar refractivity (Wildman–Crippen MR) is 77.2 cm³/mol. The second-order valence-corrected chi connectivity index (χ2v) is 6.71. The maximum atomic E-state index is 12.4. The first-order valence-corrected chi connectivity index (χ1v) is 8.02. The van der Waals surface area contributed by atoms with Crippen LogP contribution >= 0.6 is 11.8 Å². The SMILES string of the molecule is CC(C)[C@H](NC(=O)[C@@H]1CCC(=O)N1)C(=O)C1NCCS1. The lowest BCUT2D eigenvalue weighted by atomic mass is 9.99. The highest BCUT2D eigenvalue weighted by atomic mass is 32.2. The van der Waals surface area contributed by atoms with Gasteiger partial charge >= 0.3 is 0 Å². The van der Waals surface area contributed by atoms with E-state index in [-0.39, 0.29) is 28.9 Å².